The summed E-state index contributed by atoms with van der Waals surface area (Å²) in [6.45, 7) is 9.41. The second-order valence-corrected chi connectivity index (χ2v) is 14.0. The second kappa shape index (κ2) is 30.2. The van der Waals surface area contributed by atoms with Crippen molar-refractivity contribution in [2.24, 2.45) is 0 Å². The van der Waals surface area contributed by atoms with E-state index in [1.54, 1.807) is 0 Å². The first-order chi connectivity index (χ1) is 20.7. The SMILES string of the molecule is CCCCCCCCCCCCCCC(CCCCCCCCCCCC)c1[nH]cc[n+]1C(C)CCCCCCCC. The fourth-order valence-electron chi connectivity index (χ4n) is 6.96. The summed E-state index contributed by atoms with van der Waals surface area (Å²) in [5.41, 5.74) is 0. The topological polar surface area (TPSA) is 19.7 Å². The summed E-state index contributed by atoms with van der Waals surface area (Å²) in [4.78, 5) is 3.75. The average molecular weight is 588 g/mol. The van der Waals surface area contributed by atoms with E-state index in [1.807, 2.05) is 0 Å². The van der Waals surface area contributed by atoms with Crippen molar-refractivity contribution in [3.63, 3.8) is 0 Å². The van der Waals surface area contributed by atoms with Crippen LogP contribution in [0.4, 0.5) is 0 Å². The van der Waals surface area contributed by atoms with E-state index in [4.69, 9.17) is 0 Å². The van der Waals surface area contributed by atoms with Crippen LogP contribution in [-0.4, -0.2) is 4.98 Å². The molecule has 2 atom stereocenters. The van der Waals surface area contributed by atoms with Gasteiger partial charge in [-0.2, -0.15) is 0 Å². The van der Waals surface area contributed by atoms with Crippen LogP contribution in [0.1, 0.15) is 245 Å². The van der Waals surface area contributed by atoms with Gasteiger partial charge in [0.25, 0.3) is 5.82 Å². The number of nitrogens with zero attached hydrogens (tertiary/aromatic N) is 1. The maximum absolute atomic E-state index is 3.75. The second-order valence-electron chi connectivity index (χ2n) is 14.0. The van der Waals surface area contributed by atoms with E-state index in [2.05, 4.69) is 49.6 Å². The number of H-pyrrole nitrogens is 1. The van der Waals surface area contributed by atoms with Crippen LogP contribution in [-0.2, 0) is 0 Å². The summed E-state index contributed by atoms with van der Waals surface area (Å²) < 4.78 is 2.63. The van der Waals surface area contributed by atoms with Crippen LogP contribution < -0.4 is 4.57 Å². The molecule has 0 bridgehead atoms. The molecule has 2 nitrogen and oxygen atoms in total. The molecule has 2 unspecified atom stereocenters. The van der Waals surface area contributed by atoms with Gasteiger partial charge in [-0.1, -0.05) is 194 Å². The minimum atomic E-state index is 0.620. The standard InChI is InChI=1S/C40H78N2/c1-5-8-11-14-17-19-21-22-24-26-29-32-35-39(34-31-28-25-23-20-18-15-12-9-6-2)40-41-36-37-42(40)38(4)33-30-27-16-13-10-7-3/h36-39H,5-35H2,1-4H3/p+1. The Balaban J connectivity index is 2.42. The summed E-state index contributed by atoms with van der Waals surface area (Å²) in [7, 11) is 0. The molecule has 1 heterocycles. The van der Waals surface area contributed by atoms with E-state index < -0.39 is 0 Å². The first kappa shape index (κ1) is 39.2. The summed E-state index contributed by atoms with van der Waals surface area (Å²) in [5, 5.41) is 0. The number of hydrogen-bond donors (Lipinski definition) is 1. The number of aromatic nitrogens is 2. The highest BCUT2D eigenvalue weighted by atomic mass is 15.1. The molecule has 0 amide bonds. The first-order valence-electron chi connectivity index (χ1n) is 19.8. The maximum atomic E-state index is 3.75. The minimum absolute atomic E-state index is 0.620. The lowest BCUT2D eigenvalue weighted by Gasteiger charge is -2.17. The molecule has 1 rings (SSSR count). The van der Waals surface area contributed by atoms with Crippen LogP contribution in [0.2, 0.25) is 0 Å². The van der Waals surface area contributed by atoms with Gasteiger partial charge in [-0.25, -0.2) is 9.55 Å². The molecular formula is C40H79N2+. The molecular weight excluding hydrogens is 508 g/mol. The number of imidazole rings is 1. The lowest BCUT2D eigenvalue weighted by molar-refractivity contribution is -0.727. The summed E-state index contributed by atoms with van der Waals surface area (Å²) >= 11 is 0. The van der Waals surface area contributed by atoms with E-state index in [-0.39, 0.29) is 0 Å². The Bertz CT molecular complexity index is 650. The molecule has 1 aromatic rings. The van der Waals surface area contributed by atoms with E-state index >= 15 is 0 Å². The maximum Gasteiger partial charge on any atom is 0.257 e. The minimum Gasteiger partial charge on any atom is -0.247 e. The Morgan fingerprint density at radius 1 is 0.452 bits per heavy atom. The molecule has 0 aromatic carbocycles. The van der Waals surface area contributed by atoms with Gasteiger partial charge in [-0.05, 0) is 32.6 Å². The lowest BCUT2D eigenvalue weighted by atomic mass is 9.92. The average Bonchev–Trinajstić information content (AvgIpc) is 3.49. The molecule has 42 heavy (non-hydrogen) atoms. The van der Waals surface area contributed by atoms with E-state index in [1.165, 1.54) is 205 Å². The number of rotatable bonds is 33. The van der Waals surface area contributed by atoms with Crippen LogP contribution in [0.25, 0.3) is 0 Å². The third kappa shape index (κ3) is 21.8. The molecule has 0 spiro atoms. The van der Waals surface area contributed by atoms with Crippen molar-refractivity contribution in [1.82, 2.24) is 4.98 Å². The van der Waals surface area contributed by atoms with Gasteiger partial charge in [0, 0.05) is 0 Å². The Kier molecular flexibility index (Phi) is 28.3. The molecule has 1 aromatic heterocycles. The van der Waals surface area contributed by atoms with Crippen LogP contribution in [0.3, 0.4) is 0 Å². The zero-order valence-electron chi connectivity index (χ0n) is 29.7. The van der Waals surface area contributed by atoms with E-state index in [9.17, 15) is 0 Å². The Hall–Kier alpha value is -0.790. The Labute approximate surface area is 266 Å². The van der Waals surface area contributed by atoms with Crippen molar-refractivity contribution in [3.05, 3.63) is 18.2 Å². The van der Waals surface area contributed by atoms with Crippen molar-refractivity contribution >= 4 is 0 Å². The van der Waals surface area contributed by atoms with Gasteiger partial charge >= 0.3 is 0 Å². The van der Waals surface area contributed by atoms with Crippen LogP contribution in [0, 0.1) is 0 Å². The molecule has 0 saturated carbocycles. The molecule has 0 aliphatic heterocycles. The predicted octanol–water partition coefficient (Wildman–Crippen LogP) is 14.1. The van der Waals surface area contributed by atoms with E-state index in [0.717, 1.165) is 0 Å². The first-order valence-corrected chi connectivity index (χ1v) is 19.8. The molecule has 1 N–H and O–H groups in total. The van der Waals surface area contributed by atoms with Crippen molar-refractivity contribution in [2.45, 2.75) is 239 Å². The zero-order valence-corrected chi connectivity index (χ0v) is 29.7. The van der Waals surface area contributed by atoms with Gasteiger partial charge in [0.05, 0.1) is 12.0 Å². The fraction of sp³-hybridized carbons (Fsp3) is 0.925. The molecule has 0 fully saturated rings. The number of aromatic amines is 1. The smallest absolute Gasteiger partial charge is 0.247 e. The molecule has 0 radical (unpaired) electrons. The van der Waals surface area contributed by atoms with Crippen molar-refractivity contribution in [1.29, 1.82) is 0 Å². The normalized spacial score (nSPS) is 13.1. The third-order valence-corrected chi connectivity index (χ3v) is 9.89. The van der Waals surface area contributed by atoms with Crippen molar-refractivity contribution in [3.8, 4) is 0 Å². The van der Waals surface area contributed by atoms with Gasteiger partial charge in [0.1, 0.15) is 12.4 Å². The highest BCUT2D eigenvalue weighted by Gasteiger charge is 2.25. The quantitative estimate of drug-likeness (QED) is 0.0623. The van der Waals surface area contributed by atoms with Gasteiger partial charge in [0.15, 0.2) is 0 Å². The Morgan fingerprint density at radius 3 is 1.12 bits per heavy atom. The molecule has 248 valence electrons. The van der Waals surface area contributed by atoms with Crippen LogP contribution >= 0.6 is 0 Å². The number of unbranched alkanes of at least 4 members (excludes halogenated alkanes) is 25. The van der Waals surface area contributed by atoms with Gasteiger partial charge < -0.3 is 0 Å². The molecule has 0 saturated heterocycles. The third-order valence-electron chi connectivity index (χ3n) is 9.89. The van der Waals surface area contributed by atoms with E-state index in [0.29, 0.717) is 12.0 Å². The molecule has 0 aliphatic carbocycles. The number of nitrogens with one attached hydrogen (secondary N) is 1. The monoisotopic (exact) mass is 588 g/mol. The molecule has 2 heteroatoms. The zero-order chi connectivity index (χ0) is 30.4. The van der Waals surface area contributed by atoms with Gasteiger partial charge in [-0.15, -0.1) is 0 Å². The predicted molar refractivity (Wildman–Crippen MR) is 189 cm³/mol. The highest BCUT2D eigenvalue weighted by molar-refractivity contribution is 4.90. The molecule has 0 aliphatic rings. The van der Waals surface area contributed by atoms with Crippen LogP contribution in [0.5, 0.6) is 0 Å². The van der Waals surface area contributed by atoms with Crippen molar-refractivity contribution < 1.29 is 4.57 Å². The summed E-state index contributed by atoms with van der Waals surface area (Å²) in [6.07, 6.45) is 48.7. The fourth-order valence-corrected chi connectivity index (χ4v) is 6.96. The Morgan fingerprint density at radius 2 is 0.762 bits per heavy atom. The van der Waals surface area contributed by atoms with Gasteiger partial charge in [0.2, 0.25) is 0 Å². The van der Waals surface area contributed by atoms with Crippen LogP contribution in [0.15, 0.2) is 12.4 Å². The summed E-state index contributed by atoms with van der Waals surface area (Å²) in [6, 6.07) is 0.620. The largest absolute Gasteiger partial charge is 0.257 e. The summed E-state index contributed by atoms with van der Waals surface area (Å²) in [5.74, 6) is 2.25. The lowest BCUT2D eigenvalue weighted by Crippen LogP contribution is -2.41. The van der Waals surface area contributed by atoms with Crippen molar-refractivity contribution in [2.75, 3.05) is 0 Å². The number of hydrogen-bond acceptors (Lipinski definition) is 0. The highest BCUT2D eigenvalue weighted by Crippen LogP contribution is 2.27. The van der Waals surface area contributed by atoms with Gasteiger partial charge in [-0.3, -0.25) is 0 Å².